The molecule has 114 valence electrons. The van der Waals surface area contributed by atoms with Crippen molar-refractivity contribution in [1.82, 2.24) is 0 Å². The van der Waals surface area contributed by atoms with Crippen LogP contribution in [0.3, 0.4) is 0 Å². The quantitative estimate of drug-likeness (QED) is 0.371. The van der Waals surface area contributed by atoms with E-state index in [1.807, 2.05) is 13.8 Å². The molecule has 21 heavy (non-hydrogen) atoms. The third kappa shape index (κ3) is 8.07. The van der Waals surface area contributed by atoms with Crippen LogP contribution in [-0.4, -0.2) is 74.0 Å². The van der Waals surface area contributed by atoms with Crippen molar-refractivity contribution in [1.29, 1.82) is 0 Å². The summed E-state index contributed by atoms with van der Waals surface area (Å²) in [5, 5.41) is 0. The number of carbonyl (C=O) groups is 2. The van der Waals surface area contributed by atoms with Crippen LogP contribution in [0.4, 0.5) is 0 Å². The second kappa shape index (κ2) is 12.3. The predicted octanol–water partition coefficient (Wildman–Crippen LogP) is 2.68. The number of carbonyl (C=O) groups excluding carboxylic acids is 2. The molecule has 0 unspecified atom stereocenters. The first-order valence-electron chi connectivity index (χ1n) is 7.13. The second-order valence-electron chi connectivity index (χ2n) is 4.56. The van der Waals surface area contributed by atoms with Crippen LogP contribution < -0.4 is 0 Å². The molecule has 0 aromatic heterocycles. The summed E-state index contributed by atoms with van der Waals surface area (Å²) in [5.41, 5.74) is 0.900. The SMILES string of the molecule is CCCCOC(=O)c1ccc(C(=O)OCCCC)cc1.[BaH2]. The maximum atomic E-state index is 11.7. The summed E-state index contributed by atoms with van der Waals surface area (Å²) in [6, 6.07) is 6.35. The van der Waals surface area contributed by atoms with Gasteiger partial charge in [-0.05, 0) is 37.1 Å². The van der Waals surface area contributed by atoms with E-state index in [9.17, 15) is 9.59 Å². The summed E-state index contributed by atoms with van der Waals surface area (Å²) in [5.74, 6) is -0.714. The number of esters is 2. The average Bonchev–Trinajstić information content (AvgIpc) is 2.47. The zero-order valence-electron chi connectivity index (χ0n) is 12.2. The van der Waals surface area contributed by atoms with Gasteiger partial charge >= 0.3 is 60.8 Å². The predicted molar refractivity (Wildman–Crippen MR) is 85.4 cm³/mol. The molecule has 0 bridgehead atoms. The van der Waals surface area contributed by atoms with Crippen LogP contribution in [-0.2, 0) is 9.47 Å². The van der Waals surface area contributed by atoms with Crippen LogP contribution in [0.2, 0.25) is 0 Å². The van der Waals surface area contributed by atoms with E-state index in [-0.39, 0.29) is 60.8 Å². The Bertz CT molecular complexity index is 387. The van der Waals surface area contributed by atoms with Crippen molar-refractivity contribution in [2.75, 3.05) is 13.2 Å². The fraction of sp³-hybridized carbons (Fsp3) is 0.500. The van der Waals surface area contributed by atoms with Crippen molar-refractivity contribution in [3.8, 4) is 0 Å². The first-order valence-corrected chi connectivity index (χ1v) is 7.13. The van der Waals surface area contributed by atoms with E-state index in [4.69, 9.17) is 9.47 Å². The van der Waals surface area contributed by atoms with Gasteiger partial charge in [0.25, 0.3) is 0 Å². The van der Waals surface area contributed by atoms with Gasteiger partial charge in [-0.3, -0.25) is 0 Å². The summed E-state index contributed by atoms with van der Waals surface area (Å²) in [4.78, 5) is 23.3. The molecule has 0 saturated carbocycles. The van der Waals surface area contributed by atoms with Crippen LogP contribution in [0.5, 0.6) is 0 Å². The molecule has 0 aliphatic heterocycles. The molecule has 0 atom stereocenters. The van der Waals surface area contributed by atoms with Crippen molar-refractivity contribution < 1.29 is 19.1 Å². The van der Waals surface area contributed by atoms with E-state index >= 15 is 0 Å². The monoisotopic (exact) mass is 418 g/mol. The number of hydrogen-bond acceptors (Lipinski definition) is 4. The molecule has 0 fully saturated rings. The Balaban J connectivity index is 0.00000400. The van der Waals surface area contributed by atoms with Gasteiger partial charge in [-0.2, -0.15) is 0 Å². The minimum atomic E-state index is -0.357. The van der Waals surface area contributed by atoms with E-state index in [2.05, 4.69) is 0 Å². The van der Waals surface area contributed by atoms with Gasteiger partial charge in [0.2, 0.25) is 0 Å². The standard InChI is InChI=1S/C16H22O4.Ba.2H/c1-3-5-11-19-15(17)13-7-9-14(10-8-13)16(18)20-12-6-4-2;;;/h7-10H,3-6,11-12H2,1-2H3;;;. The molecule has 0 aliphatic carbocycles. The zero-order valence-corrected chi connectivity index (χ0v) is 12.2. The van der Waals surface area contributed by atoms with Gasteiger partial charge in [-0.25, -0.2) is 9.59 Å². The van der Waals surface area contributed by atoms with Gasteiger partial charge in [-0.1, -0.05) is 26.7 Å². The molecule has 1 aromatic carbocycles. The van der Waals surface area contributed by atoms with Crippen LogP contribution >= 0.6 is 0 Å². The summed E-state index contributed by atoms with van der Waals surface area (Å²) in [6.07, 6.45) is 3.67. The van der Waals surface area contributed by atoms with Gasteiger partial charge in [0.15, 0.2) is 0 Å². The topological polar surface area (TPSA) is 52.6 Å². The fourth-order valence-corrected chi connectivity index (χ4v) is 1.53. The fourth-order valence-electron chi connectivity index (χ4n) is 1.53. The zero-order chi connectivity index (χ0) is 14.8. The molecular weight excluding hydrogens is 394 g/mol. The van der Waals surface area contributed by atoms with Crippen molar-refractivity contribution >= 4 is 60.8 Å². The van der Waals surface area contributed by atoms with Gasteiger partial charge < -0.3 is 9.47 Å². The van der Waals surface area contributed by atoms with Gasteiger partial charge in [0, 0.05) is 0 Å². The minimum absolute atomic E-state index is 0. The summed E-state index contributed by atoms with van der Waals surface area (Å²) < 4.78 is 10.2. The number of benzene rings is 1. The number of unbranched alkanes of at least 4 members (excludes halogenated alkanes) is 2. The van der Waals surface area contributed by atoms with E-state index in [1.54, 1.807) is 24.3 Å². The molecule has 0 amide bonds. The number of ether oxygens (including phenoxy) is 2. The molecule has 1 aromatic rings. The van der Waals surface area contributed by atoms with Crippen molar-refractivity contribution in [3.63, 3.8) is 0 Å². The Labute approximate surface area is 166 Å². The Hall–Kier alpha value is -0.269. The second-order valence-corrected chi connectivity index (χ2v) is 4.56. The van der Waals surface area contributed by atoms with E-state index < -0.39 is 0 Å². The maximum absolute atomic E-state index is 11.7. The molecule has 0 aliphatic rings. The number of rotatable bonds is 8. The Kier molecular flexibility index (Phi) is 12.1. The molecule has 1 rings (SSSR count). The van der Waals surface area contributed by atoms with Gasteiger partial charge in [-0.15, -0.1) is 0 Å². The van der Waals surface area contributed by atoms with Crippen molar-refractivity contribution in [3.05, 3.63) is 35.4 Å². The molecule has 0 spiro atoms. The summed E-state index contributed by atoms with van der Waals surface area (Å²) >= 11 is 0. The van der Waals surface area contributed by atoms with E-state index in [0.29, 0.717) is 24.3 Å². The Morgan fingerprint density at radius 1 is 0.810 bits per heavy atom. The van der Waals surface area contributed by atoms with Crippen molar-refractivity contribution in [2.45, 2.75) is 39.5 Å². The third-order valence-electron chi connectivity index (χ3n) is 2.82. The normalized spacial score (nSPS) is 9.62. The third-order valence-corrected chi connectivity index (χ3v) is 2.82. The van der Waals surface area contributed by atoms with Gasteiger partial charge in [0.1, 0.15) is 0 Å². The van der Waals surface area contributed by atoms with Gasteiger partial charge in [0.05, 0.1) is 24.3 Å². The van der Waals surface area contributed by atoms with E-state index in [1.165, 1.54) is 0 Å². The molecule has 0 radical (unpaired) electrons. The first kappa shape index (κ1) is 20.7. The number of hydrogen-bond donors (Lipinski definition) is 0. The molecule has 4 nitrogen and oxygen atoms in total. The summed E-state index contributed by atoms with van der Waals surface area (Å²) in [6.45, 7) is 4.92. The first-order chi connectivity index (χ1) is 9.69. The summed E-state index contributed by atoms with van der Waals surface area (Å²) in [7, 11) is 0. The average molecular weight is 418 g/mol. The molecular formula is C16H24BaO4. The Morgan fingerprint density at radius 2 is 1.14 bits per heavy atom. The molecule has 5 heteroatoms. The molecule has 0 saturated heterocycles. The molecule has 0 N–H and O–H groups in total. The van der Waals surface area contributed by atoms with Crippen LogP contribution in [0.15, 0.2) is 24.3 Å². The Morgan fingerprint density at radius 3 is 1.43 bits per heavy atom. The molecule has 0 heterocycles. The van der Waals surface area contributed by atoms with Crippen LogP contribution in [0.25, 0.3) is 0 Å². The van der Waals surface area contributed by atoms with Crippen molar-refractivity contribution in [2.24, 2.45) is 0 Å². The van der Waals surface area contributed by atoms with Crippen LogP contribution in [0, 0.1) is 0 Å². The van der Waals surface area contributed by atoms with Crippen LogP contribution in [0.1, 0.15) is 60.2 Å². The van der Waals surface area contributed by atoms with E-state index in [0.717, 1.165) is 25.7 Å².